The molecule has 1 aromatic carbocycles. The van der Waals surface area contributed by atoms with Gasteiger partial charge in [-0.15, -0.1) is 0 Å². The van der Waals surface area contributed by atoms with Crippen LogP contribution in [0.25, 0.3) is 0 Å². The smallest absolute Gasteiger partial charge is 0.224 e. The molecule has 1 unspecified atom stereocenters. The van der Waals surface area contributed by atoms with Crippen LogP contribution in [-0.2, 0) is 16.1 Å². The number of carbonyl (C=O) groups excluding carboxylic acids is 2. The summed E-state index contributed by atoms with van der Waals surface area (Å²) in [5.74, 6) is 1.11. The largest absolute Gasteiger partial charge is 0.339 e. The molecular formula is C20H31N3O2. The van der Waals surface area contributed by atoms with Crippen LogP contribution in [0.4, 0.5) is 5.69 Å². The van der Waals surface area contributed by atoms with Crippen LogP contribution in [0.5, 0.6) is 0 Å². The molecule has 25 heavy (non-hydrogen) atoms. The van der Waals surface area contributed by atoms with Gasteiger partial charge in [0.2, 0.25) is 11.8 Å². The van der Waals surface area contributed by atoms with E-state index in [0.717, 1.165) is 37.2 Å². The van der Waals surface area contributed by atoms with Gasteiger partial charge >= 0.3 is 0 Å². The average molecular weight is 345 g/mol. The molecule has 0 saturated carbocycles. The number of hydrogen-bond donors (Lipinski definition) is 2. The van der Waals surface area contributed by atoms with Crippen molar-refractivity contribution in [1.29, 1.82) is 0 Å². The highest BCUT2D eigenvalue weighted by Crippen LogP contribution is 2.25. The van der Waals surface area contributed by atoms with Crippen molar-refractivity contribution < 1.29 is 9.59 Å². The molecule has 0 bridgehead atoms. The molecule has 1 atom stereocenters. The zero-order chi connectivity index (χ0) is 18.2. The summed E-state index contributed by atoms with van der Waals surface area (Å²) >= 11 is 0. The first-order valence-corrected chi connectivity index (χ1v) is 9.35. The van der Waals surface area contributed by atoms with Crippen molar-refractivity contribution in [2.45, 2.75) is 46.6 Å². The second-order valence-corrected chi connectivity index (χ2v) is 7.01. The van der Waals surface area contributed by atoms with E-state index >= 15 is 0 Å². The van der Waals surface area contributed by atoms with Gasteiger partial charge in [0.15, 0.2) is 0 Å². The maximum absolute atomic E-state index is 12.5. The number of benzene rings is 1. The zero-order valence-electron chi connectivity index (χ0n) is 15.7. The molecule has 1 aliphatic rings. The fraction of sp³-hybridized carbons (Fsp3) is 0.600. The Morgan fingerprint density at radius 2 is 1.96 bits per heavy atom. The molecule has 1 heterocycles. The van der Waals surface area contributed by atoms with Crippen molar-refractivity contribution in [2.24, 2.45) is 11.8 Å². The van der Waals surface area contributed by atoms with Crippen molar-refractivity contribution in [3.63, 3.8) is 0 Å². The predicted octanol–water partition coefficient (Wildman–Crippen LogP) is 3.02. The Morgan fingerprint density at radius 3 is 2.60 bits per heavy atom. The minimum absolute atomic E-state index is 0.0446. The highest BCUT2D eigenvalue weighted by Gasteiger charge is 2.22. The van der Waals surface area contributed by atoms with E-state index in [1.54, 1.807) is 11.8 Å². The second kappa shape index (κ2) is 9.56. The summed E-state index contributed by atoms with van der Waals surface area (Å²) in [7, 11) is 0. The number of rotatable bonds is 7. The zero-order valence-corrected chi connectivity index (χ0v) is 15.7. The minimum atomic E-state index is 0.0446. The first-order chi connectivity index (χ1) is 12.0. The standard InChI is InChI=1S/C20H31N3O2/c1-4-23(16(3)24)14-18-7-5-6-8-19(18)22-20(25)13-15(2)17-9-11-21-12-10-17/h5-8,15,17,21H,4,9-14H2,1-3H3,(H,22,25). The fourth-order valence-corrected chi connectivity index (χ4v) is 3.51. The molecule has 1 fully saturated rings. The third-order valence-corrected chi connectivity index (χ3v) is 5.18. The van der Waals surface area contributed by atoms with Crippen LogP contribution in [0, 0.1) is 11.8 Å². The predicted molar refractivity (Wildman–Crippen MR) is 101 cm³/mol. The Kier molecular flexibility index (Phi) is 7.44. The van der Waals surface area contributed by atoms with E-state index in [2.05, 4.69) is 17.6 Å². The number of carbonyl (C=O) groups is 2. The van der Waals surface area contributed by atoms with E-state index < -0.39 is 0 Å². The number of nitrogens with one attached hydrogen (secondary N) is 2. The van der Waals surface area contributed by atoms with Gasteiger partial charge in [-0.3, -0.25) is 9.59 Å². The summed E-state index contributed by atoms with van der Waals surface area (Å²) in [6.45, 7) is 9.00. The quantitative estimate of drug-likeness (QED) is 0.798. The molecule has 1 aromatic rings. The molecule has 1 aliphatic heterocycles. The van der Waals surface area contributed by atoms with Crippen LogP contribution in [0.1, 0.15) is 45.6 Å². The molecule has 2 amide bonds. The van der Waals surface area contributed by atoms with Crippen LogP contribution in [-0.4, -0.2) is 36.3 Å². The Morgan fingerprint density at radius 1 is 1.28 bits per heavy atom. The van der Waals surface area contributed by atoms with Gasteiger partial charge in [-0.05, 0) is 56.3 Å². The van der Waals surface area contributed by atoms with Gasteiger partial charge in [-0.1, -0.05) is 25.1 Å². The van der Waals surface area contributed by atoms with E-state index in [1.807, 2.05) is 31.2 Å². The lowest BCUT2D eigenvalue weighted by molar-refractivity contribution is -0.129. The summed E-state index contributed by atoms with van der Waals surface area (Å²) in [6.07, 6.45) is 2.84. The first kappa shape index (κ1) is 19.4. The number of amides is 2. The SMILES string of the molecule is CCN(Cc1ccccc1NC(=O)CC(C)C1CCNCC1)C(C)=O. The number of para-hydroxylation sites is 1. The molecule has 1 saturated heterocycles. The van der Waals surface area contributed by atoms with Gasteiger partial charge in [0, 0.05) is 32.1 Å². The number of piperidine rings is 1. The van der Waals surface area contributed by atoms with Crippen molar-refractivity contribution in [2.75, 3.05) is 25.0 Å². The van der Waals surface area contributed by atoms with Crippen LogP contribution in [0.3, 0.4) is 0 Å². The van der Waals surface area contributed by atoms with E-state index in [1.165, 1.54) is 0 Å². The Labute approximate surface area is 151 Å². The van der Waals surface area contributed by atoms with E-state index in [-0.39, 0.29) is 11.8 Å². The topological polar surface area (TPSA) is 61.4 Å². The summed E-state index contributed by atoms with van der Waals surface area (Å²) in [4.78, 5) is 25.9. The summed E-state index contributed by atoms with van der Waals surface area (Å²) < 4.78 is 0. The Hall–Kier alpha value is -1.88. The lowest BCUT2D eigenvalue weighted by Gasteiger charge is -2.28. The van der Waals surface area contributed by atoms with Gasteiger partial charge < -0.3 is 15.5 Å². The van der Waals surface area contributed by atoms with Gasteiger partial charge in [0.1, 0.15) is 0 Å². The van der Waals surface area contributed by atoms with Crippen LogP contribution < -0.4 is 10.6 Å². The second-order valence-electron chi connectivity index (χ2n) is 7.01. The van der Waals surface area contributed by atoms with Crippen molar-refractivity contribution in [3.05, 3.63) is 29.8 Å². The normalized spacial score (nSPS) is 16.3. The van der Waals surface area contributed by atoms with Gasteiger partial charge in [0.25, 0.3) is 0 Å². The Bertz CT molecular complexity index is 582. The highest BCUT2D eigenvalue weighted by atomic mass is 16.2. The lowest BCUT2D eigenvalue weighted by atomic mass is 9.84. The third-order valence-electron chi connectivity index (χ3n) is 5.18. The number of nitrogens with zero attached hydrogens (tertiary/aromatic N) is 1. The maximum Gasteiger partial charge on any atom is 0.224 e. The summed E-state index contributed by atoms with van der Waals surface area (Å²) in [5, 5.41) is 6.43. The van der Waals surface area contributed by atoms with E-state index in [9.17, 15) is 9.59 Å². The Balaban J connectivity index is 1.97. The van der Waals surface area contributed by atoms with Gasteiger partial charge in [-0.25, -0.2) is 0 Å². The molecule has 5 nitrogen and oxygen atoms in total. The summed E-state index contributed by atoms with van der Waals surface area (Å²) in [5.41, 5.74) is 1.78. The molecule has 5 heteroatoms. The highest BCUT2D eigenvalue weighted by molar-refractivity contribution is 5.91. The number of hydrogen-bond acceptors (Lipinski definition) is 3. The van der Waals surface area contributed by atoms with Crippen LogP contribution in [0.2, 0.25) is 0 Å². The molecule has 138 valence electrons. The third kappa shape index (κ3) is 5.85. The molecule has 2 rings (SSSR count). The van der Waals surface area contributed by atoms with E-state index in [4.69, 9.17) is 0 Å². The van der Waals surface area contributed by atoms with Crippen molar-refractivity contribution in [3.8, 4) is 0 Å². The molecule has 2 N–H and O–H groups in total. The van der Waals surface area contributed by atoms with Crippen LogP contribution >= 0.6 is 0 Å². The number of anilines is 1. The molecule has 0 aromatic heterocycles. The average Bonchev–Trinajstić information content (AvgIpc) is 2.61. The molecule has 0 radical (unpaired) electrons. The molecule has 0 spiro atoms. The van der Waals surface area contributed by atoms with Gasteiger partial charge in [0.05, 0.1) is 0 Å². The lowest BCUT2D eigenvalue weighted by Crippen LogP contribution is -2.32. The maximum atomic E-state index is 12.5. The van der Waals surface area contributed by atoms with Gasteiger partial charge in [-0.2, -0.15) is 0 Å². The molecule has 0 aliphatic carbocycles. The first-order valence-electron chi connectivity index (χ1n) is 9.35. The monoisotopic (exact) mass is 345 g/mol. The van der Waals surface area contributed by atoms with Crippen molar-refractivity contribution in [1.82, 2.24) is 10.2 Å². The van der Waals surface area contributed by atoms with Crippen LogP contribution in [0.15, 0.2) is 24.3 Å². The minimum Gasteiger partial charge on any atom is -0.339 e. The molecular weight excluding hydrogens is 314 g/mol. The van der Waals surface area contributed by atoms with E-state index in [0.29, 0.717) is 31.3 Å². The van der Waals surface area contributed by atoms with Crippen molar-refractivity contribution >= 4 is 17.5 Å². The fourth-order valence-electron chi connectivity index (χ4n) is 3.51. The summed E-state index contributed by atoms with van der Waals surface area (Å²) in [6, 6.07) is 7.74.